The Labute approximate surface area is 180 Å². The van der Waals surface area contributed by atoms with E-state index in [1.165, 1.54) is 43.5 Å². The maximum atomic E-state index is 12.8. The number of anilines is 2. The summed E-state index contributed by atoms with van der Waals surface area (Å²) in [5, 5.41) is 0.273. The second-order valence-electron chi connectivity index (χ2n) is 6.37. The monoisotopic (exact) mass is 466 g/mol. The first-order chi connectivity index (χ1) is 14.1. The second kappa shape index (κ2) is 8.55. The molecule has 3 aromatic rings. The summed E-state index contributed by atoms with van der Waals surface area (Å²) in [5.41, 5.74) is 1.05. The summed E-state index contributed by atoms with van der Waals surface area (Å²) in [4.78, 5) is -0.119. The summed E-state index contributed by atoms with van der Waals surface area (Å²) in [7, 11) is -6.39. The lowest BCUT2D eigenvalue weighted by atomic mass is 10.2. The van der Waals surface area contributed by atoms with Gasteiger partial charge >= 0.3 is 0 Å². The first kappa shape index (κ1) is 21.9. The van der Waals surface area contributed by atoms with Crippen LogP contribution in [0.1, 0.15) is 5.56 Å². The molecular formula is C20H19ClN2O5S2. The van der Waals surface area contributed by atoms with Crippen LogP contribution >= 0.6 is 11.6 Å². The molecule has 0 bridgehead atoms. The Kier molecular flexibility index (Phi) is 6.25. The van der Waals surface area contributed by atoms with Crippen molar-refractivity contribution in [3.63, 3.8) is 0 Å². The van der Waals surface area contributed by atoms with Crippen molar-refractivity contribution in [3.05, 3.63) is 77.3 Å². The second-order valence-corrected chi connectivity index (χ2v) is 10.2. The zero-order valence-corrected chi connectivity index (χ0v) is 18.5. The van der Waals surface area contributed by atoms with Gasteiger partial charge in [-0.05, 0) is 67.1 Å². The summed E-state index contributed by atoms with van der Waals surface area (Å²) < 4.78 is 60.8. The Balaban J connectivity index is 1.90. The minimum Gasteiger partial charge on any atom is -0.497 e. The Morgan fingerprint density at radius 3 is 2.07 bits per heavy atom. The molecule has 0 saturated heterocycles. The van der Waals surface area contributed by atoms with Crippen molar-refractivity contribution in [1.29, 1.82) is 0 Å². The number of benzene rings is 3. The van der Waals surface area contributed by atoms with Crippen LogP contribution in [0.3, 0.4) is 0 Å². The zero-order chi connectivity index (χ0) is 21.9. The molecule has 0 fully saturated rings. The smallest absolute Gasteiger partial charge is 0.261 e. The number of hydrogen-bond donors (Lipinski definition) is 2. The minimum atomic E-state index is -3.95. The van der Waals surface area contributed by atoms with Crippen LogP contribution in [0.5, 0.6) is 5.75 Å². The van der Waals surface area contributed by atoms with Gasteiger partial charge in [0.2, 0.25) is 0 Å². The lowest BCUT2D eigenvalue weighted by Crippen LogP contribution is -2.16. The molecule has 2 N–H and O–H groups in total. The molecule has 0 atom stereocenters. The molecule has 0 aliphatic carbocycles. The highest BCUT2D eigenvalue weighted by atomic mass is 35.5. The highest BCUT2D eigenvalue weighted by molar-refractivity contribution is 7.93. The van der Waals surface area contributed by atoms with E-state index in [1.807, 2.05) is 0 Å². The van der Waals surface area contributed by atoms with Crippen molar-refractivity contribution in [3.8, 4) is 5.75 Å². The minimum absolute atomic E-state index is 0.0287. The Hall–Kier alpha value is -2.75. The number of ether oxygens (including phenoxy) is 1. The topological polar surface area (TPSA) is 102 Å². The SMILES string of the molecule is COc1ccc(NS(=O)(=O)c2ccc(C)c(NS(=O)(=O)c3cccc(Cl)c3)c2)cc1. The van der Waals surface area contributed by atoms with Crippen LogP contribution in [0.4, 0.5) is 11.4 Å². The molecule has 158 valence electrons. The quantitative estimate of drug-likeness (QED) is 0.541. The Morgan fingerprint density at radius 1 is 0.800 bits per heavy atom. The van der Waals surface area contributed by atoms with Gasteiger partial charge in [-0.1, -0.05) is 23.7 Å². The van der Waals surface area contributed by atoms with E-state index >= 15 is 0 Å². The van der Waals surface area contributed by atoms with Crippen molar-refractivity contribution < 1.29 is 21.6 Å². The molecule has 3 rings (SSSR count). The van der Waals surface area contributed by atoms with Gasteiger partial charge < -0.3 is 4.74 Å². The van der Waals surface area contributed by atoms with Gasteiger partial charge in [-0.15, -0.1) is 0 Å². The van der Waals surface area contributed by atoms with E-state index in [0.717, 1.165) is 0 Å². The third kappa shape index (κ3) is 5.05. The van der Waals surface area contributed by atoms with Gasteiger partial charge in [-0.2, -0.15) is 0 Å². The summed E-state index contributed by atoms with van der Waals surface area (Å²) in [6.07, 6.45) is 0. The summed E-state index contributed by atoms with van der Waals surface area (Å²) in [6.45, 7) is 1.67. The molecule has 3 aromatic carbocycles. The molecule has 10 heteroatoms. The van der Waals surface area contributed by atoms with E-state index in [1.54, 1.807) is 37.3 Å². The molecule has 30 heavy (non-hydrogen) atoms. The molecule has 0 saturated carbocycles. The van der Waals surface area contributed by atoms with Crippen molar-refractivity contribution in [1.82, 2.24) is 0 Å². The molecule has 0 amide bonds. The number of methoxy groups -OCH3 is 1. The highest BCUT2D eigenvalue weighted by Crippen LogP contribution is 2.26. The van der Waals surface area contributed by atoms with Crippen LogP contribution in [0.25, 0.3) is 0 Å². The average Bonchev–Trinajstić information content (AvgIpc) is 2.69. The van der Waals surface area contributed by atoms with Crippen LogP contribution in [0, 0.1) is 6.92 Å². The van der Waals surface area contributed by atoms with Crippen molar-refractivity contribution in [2.45, 2.75) is 16.7 Å². The van der Waals surface area contributed by atoms with Crippen LogP contribution in [-0.2, 0) is 20.0 Å². The third-order valence-corrected chi connectivity index (χ3v) is 7.19. The van der Waals surface area contributed by atoms with E-state index in [9.17, 15) is 16.8 Å². The Morgan fingerprint density at radius 2 is 1.43 bits per heavy atom. The van der Waals surface area contributed by atoms with Gasteiger partial charge in [0.15, 0.2) is 0 Å². The van der Waals surface area contributed by atoms with Crippen molar-refractivity contribution in [2.75, 3.05) is 16.6 Å². The number of nitrogens with one attached hydrogen (secondary N) is 2. The van der Waals surface area contributed by atoms with E-state index in [-0.39, 0.29) is 20.5 Å². The number of halogens is 1. The third-order valence-electron chi connectivity index (χ3n) is 4.21. The standard InChI is InChI=1S/C20H19ClN2O5S2/c1-14-6-11-19(29(24,25)22-16-7-9-17(28-2)10-8-16)13-20(14)23-30(26,27)18-5-3-4-15(21)12-18/h3-13,22-23H,1-2H3. The Bertz CT molecular complexity index is 1270. The van der Waals surface area contributed by atoms with Gasteiger partial charge in [0, 0.05) is 10.7 Å². The van der Waals surface area contributed by atoms with E-state index in [4.69, 9.17) is 16.3 Å². The number of hydrogen-bond acceptors (Lipinski definition) is 5. The first-order valence-corrected chi connectivity index (χ1v) is 12.0. The van der Waals surface area contributed by atoms with Crippen LogP contribution in [-0.4, -0.2) is 23.9 Å². The van der Waals surface area contributed by atoms with Gasteiger partial charge in [0.05, 0.1) is 22.6 Å². The van der Waals surface area contributed by atoms with Gasteiger partial charge in [0.25, 0.3) is 20.0 Å². The molecule has 0 heterocycles. The number of sulfonamides is 2. The van der Waals surface area contributed by atoms with Crippen LogP contribution in [0.2, 0.25) is 5.02 Å². The van der Waals surface area contributed by atoms with Crippen LogP contribution < -0.4 is 14.2 Å². The van der Waals surface area contributed by atoms with Gasteiger partial charge in [-0.3, -0.25) is 9.44 Å². The highest BCUT2D eigenvalue weighted by Gasteiger charge is 2.19. The first-order valence-electron chi connectivity index (χ1n) is 8.67. The lowest BCUT2D eigenvalue weighted by molar-refractivity contribution is 0.415. The van der Waals surface area contributed by atoms with Crippen molar-refractivity contribution >= 4 is 43.0 Å². The molecule has 0 aromatic heterocycles. The van der Waals surface area contributed by atoms with E-state index in [2.05, 4.69) is 9.44 Å². The summed E-state index contributed by atoms with van der Waals surface area (Å²) >= 11 is 5.88. The van der Waals surface area contributed by atoms with Crippen LogP contribution in [0.15, 0.2) is 76.5 Å². The van der Waals surface area contributed by atoms with E-state index < -0.39 is 20.0 Å². The number of aryl methyl sites for hydroxylation is 1. The predicted molar refractivity (Wildman–Crippen MR) is 117 cm³/mol. The number of rotatable bonds is 7. The van der Waals surface area contributed by atoms with Gasteiger partial charge in [-0.25, -0.2) is 16.8 Å². The fourth-order valence-electron chi connectivity index (χ4n) is 2.59. The van der Waals surface area contributed by atoms with E-state index in [0.29, 0.717) is 17.0 Å². The summed E-state index contributed by atoms with van der Waals surface area (Å²) in [5.74, 6) is 0.589. The molecule has 0 radical (unpaired) electrons. The molecule has 0 aliphatic rings. The fourth-order valence-corrected chi connectivity index (χ4v) is 5.10. The van der Waals surface area contributed by atoms with Crippen molar-refractivity contribution in [2.24, 2.45) is 0 Å². The van der Waals surface area contributed by atoms with Gasteiger partial charge in [0.1, 0.15) is 5.75 Å². The zero-order valence-electron chi connectivity index (χ0n) is 16.1. The molecule has 0 spiro atoms. The largest absolute Gasteiger partial charge is 0.497 e. The molecular weight excluding hydrogens is 448 g/mol. The lowest BCUT2D eigenvalue weighted by Gasteiger charge is -2.14. The molecule has 0 aliphatic heterocycles. The normalized spacial score (nSPS) is 11.7. The summed E-state index contributed by atoms with van der Waals surface area (Å²) in [6, 6.07) is 16.4. The maximum absolute atomic E-state index is 12.8. The molecule has 0 unspecified atom stereocenters. The fraction of sp³-hybridized carbons (Fsp3) is 0.100. The molecule has 7 nitrogen and oxygen atoms in total. The maximum Gasteiger partial charge on any atom is 0.261 e. The average molecular weight is 467 g/mol. The predicted octanol–water partition coefficient (Wildman–Crippen LogP) is 4.26.